The van der Waals surface area contributed by atoms with Crippen LogP contribution >= 0.6 is 0 Å². The van der Waals surface area contributed by atoms with Gasteiger partial charge in [-0.2, -0.15) is 0 Å². The Kier molecular flexibility index (Phi) is 4.71. The number of rotatable bonds is 6. The van der Waals surface area contributed by atoms with Crippen molar-refractivity contribution >= 4 is 11.0 Å². The third kappa shape index (κ3) is 2.83. The van der Waals surface area contributed by atoms with E-state index in [9.17, 15) is 0 Å². The summed E-state index contributed by atoms with van der Waals surface area (Å²) in [5, 5.41) is 4.62. The van der Waals surface area contributed by atoms with Crippen LogP contribution in [-0.4, -0.2) is 13.7 Å². The second kappa shape index (κ2) is 6.31. The van der Waals surface area contributed by atoms with Gasteiger partial charge in [-0.15, -0.1) is 0 Å². The smallest absolute Gasteiger partial charge is 0.176 e. The maximum Gasteiger partial charge on any atom is 0.176 e. The van der Waals surface area contributed by atoms with Crippen molar-refractivity contribution in [1.29, 1.82) is 0 Å². The first-order valence-corrected chi connectivity index (χ1v) is 7.44. The fourth-order valence-corrected chi connectivity index (χ4v) is 2.59. The molecule has 1 N–H and O–H groups in total. The summed E-state index contributed by atoms with van der Waals surface area (Å²) in [5.74, 6) is 2.29. The minimum atomic E-state index is 0.238. The Morgan fingerprint density at radius 3 is 2.50 bits per heavy atom. The number of nitrogens with one attached hydrogen (secondary N) is 1. The van der Waals surface area contributed by atoms with Crippen LogP contribution in [0.25, 0.3) is 11.0 Å². The van der Waals surface area contributed by atoms with Gasteiger partial charge in [0.15, 0.2) is 11.3 Å². The van der Waals surface area contributed by atoms with Crippen molar-refractivity contribution in [1.82, 2.24) is 5.32 Å². The molecule has 0 bridgehead atoms. The van der Waals surface area contributed by atoms with E-state index in [1.54, 1.807) is 7.11 Å². The van der Waals surface area contributed by atoms with Crippen LogP contribution in [0.3, 0.4) is 0 Å². The van der Waals surface area contributed by atoms with E-state index in [1.165, 1.54) is 5.56 Å². The molecule has 2 rings (SSSR count). The second-order valence-electron chi connectivity index (χ2n) is 5.50. The highest BCUT2D eigenvalue weighted by molar-refractivity contribution is 5.84. The SMILES string of the molecule is CCNC(c1cc2cc(CC)cc(OC)c2o1)C(C)C. The first kappa shape index (κ1) is 14.9. The van der Waals surface area contributed by atoms with Crippen LogP contribution in [0.15, 0.2) is 22.6 Å². The Labute approximate surface area is 121 Å². The van der Waals surface area contributed by atoms with Crippen molar-refractivity contribution in [2.75, 3.05) is 13.7 Å². The summed E-state index contributed by atoms with van der Waals surface area (Å²) < 4.78 is 11.5. The lowest BCUT2D eigenvalue weighted by Gasteiger charge is -2.19. The highest BCUT2D eigenvalue weighted by atomic mass is 16.5. The van der Waals surface area contributed by atoms with Gasteiger partial charge in [0.05, 0.1) is 13.2 Å². The quantitative estimate of drug-likeness (QED) is 0.853. The minimum absolute atomic E-state index is 0.238. The largest absolute Gasteiger partial charge is 0.493 e. The third-order valence-corrected chi connectivity index (χ3v) is 3.69. The standard InChI is InChI=1S/C17H25NO2/c1-6-12-8-13-10-14(16(11(3)4)18-7-2)20-17(13)15(9-12)19-5/h8-11,16,18H,6-7H2,1-5H3. The molecule has 20 heavy (non-hydrogen) atoms. The number of benzene rings is 1. The van der Waals surface area contributed by atoms with Gasteiger partial charge in [-0.3, -0.25) is 0 Å². The van der Waals surface area contributed by atoms with E-state index in [0.717, 1.165) is 35.4 Å². The molecule has 0 saturated heterocycles. The van der Waals surface area contributed by atoms with Crippen LogP contribution in [0.4, 0.5) is 0 Å². The summed E-state index contributed by atoms with van der Waals surface area (Å²) in [5.41, 5.74) is 2.12. The van der Waals surface area contributed by atoms with Gasteiger partial charge < -0.3 is 14.5 Å². The molecule has 1 unspecified atom stereocenters. The maximum absolute atomic E-state index is 6.08. The van der Waals surface area contributed by atoms with E-state index in [2.05, 4.69) is 51.2 Å². The van der Waals surface area contributed by atoms with Gasteiger partial charge in [0.25, 0.3) is 0 Å². The molecular weight excluding hydrogens is 250 g/mol. The summed E-state index contributed by atoms with van der Waals surface area (Å²) in [7, 11) is 1.70. The molecule has 0 saturated carbocycles. The van der Waals surface area contributed by atoms with Crippen molar-refractivity contribution in [3.05, 3.63) is 29.5 Å². The first-order chi connectivity index (χ1) is 9.60. The van der Waals surface area contributed by atoms with E-state index in [-0.39, 0.29) is 6.04 Å². The van der Waals surface area contributed by atoms with E-state index >= 15 is 0 Å². The average molecular weight is 275 g/mol. The van der Waals surface area contributed by atoms with E-state index in [1.807, 2.05) is 0 Å². The van der Waals surface area contributed by atoms with Crippen LogP contribution in [-0.2, 0) is 6.42 Å². The number of hydrogen-bond acceptors (Lipinski definition) is 3. The Bertz CT molecular complexity index is 572. The van der Waals surface area contributed by atoms with Gasteiger partial charge in [-0.05, 0) is 42.6 Å². The van der Waals surface area contributed by atoms with Gasteiger partial charge >= 0.3 is 0 Å². The zero-order valence-corrected chi connectivity index (χ0v) is 13.1. The number of furan rings is 1. The number of aryl methyl sites for hydroxylation is 1. The van der Waals surface area contributed by atoms with Crippen molar-refractivity contribution in [2.24, 2.45) is 5.92 Å². The van der Waals surface area contributed by atoms with E-state index in [4.69, 9.17) is 9.15 Å². The fourth-order valence-electron chi connectivity index (χ4n) is 2.59. The number of hydrogen-bond donors (Lipinski definition) is 1. The highest BCUT2D eigenvalue weighted by Crippen LogP contribution is 2.34. The summed E-state index contributed by atoms with van der Waals surface area (Å²) in [6, 6.07) is 6.63. The number of fused-ring (bicyclic) bond motifs is 1. The minimum Gasteiger partial charge on any atom is -0.493 e. The van der Waals surface area contributed by atoms with Crippen molar-refractivity contribution in [3.8, 4) is 5.75 Å². The van der Waals surface area contributed by atoms with Gasteiger partial charge in [-0.1, -0.05) is 27.7 Å². The van der Waals surface area contributed by atoms with Crippen LogP contribution in [0.5, 0.6) is 5.75 Å². The Morgan fingerprint density at radius 1 is 1.20 bits per heavy atom. The molecule has 0 amide bonds. The molecule has 3 nitrogen and oxygen atoms in total. The van der Waals surface area contributed by atoms with Gasteiger partial charge in [0, 0.05) is 5.39 Å². The van der Waals surface area contributed by atoms with Gasteiger partial charge in [0.1, 0.15) is 5.76 Å². The lowest BCUT2D eigenvalue weighted by Crippen LogP contribution is -2.24. The highest BCUT2D eigenvalue weighted by Gasteiger charge is 2.20. The Morgan fingerprint density at radius 2 is 1.95 bits per heavy atom. The molecule has 0 aliphatic carbocycles. The first-order valence-electron chi connectivity index (χ1n) is 7.44. The summed E-state index contributed by atoms with van der Waals surface area (Å²) in [6.45, 7) is 9.60. The van der Waals surface area contributed by atoms with Crippen LogP contribution in [0.2, 0.25) is 0 Å². The molecule has 0 spiro atoms. The van der Waals surface area contributed by atoms with Crippen LogP contribution < -0.4 is 10.1 Å². The summed E-state index contributed by atoms with van der Waals surface area (Å²) in [6.07, 6.45) is 0.994. The van der Waals surface area contributed by atoms with Crippen LogP contribution in [0, 0.1) is 5.92 Å². The van der Waals surface area contributed by atoms with Crippen molar-refractivity contribution in [3.63, 3.8) is 0 Å². The normalized spacial score (nSPS) is 13.1. The third-order valence-electron chi connectivity index (χ3n) is 3.69. The zero-order chi connectivity index (χ0) is 14.7. The molecular formula is C17H25NO2. The molecule has 3 heteroatoms. The van der Waals surface area contributed by atoms with Crippen molar-refractivity contribution in [2.45, 2.75) is 40.2 Å². The van der Waals surface area contributed by atoms with Gasteiger partial charge in [-0.25, -0.2) is 0 Å². The Hall–Kier alpha value is -1.48. The van der Waals surface area contributed by atoms with Crippen LogP contribution in [0.1, 0.15) is 45.1 Å². The zero-order valence-electron chi connectivity index (χ0n) is 13.1. The summed E-state index contributed by atoms with van der Waals surface area (Å²) >= 11 is 0. The molecule has 1 atom stereocenters. The number of methoxy groups -OCH3 is 1. The molecule has 2 aromatic rings. The molecule has 110 valence electrons. The lowest BCUT2D eigenvalue weighted by atomic mass is 10.0. The molecule has 0 radical (unpaired) electrons. The van der Waals surface area contributed by atoms with Crippen molar-refractivity contribution < 1.29 is 9.15 Å². The topological polar surface area (TPSA) is 34.4 Å². The molecule has 0 aliphatic heterocycles. The molecule has 1 aromatic heterocycles. The molecule has 1 heterocycles. The van der Waals surface area contributed by atoms with E-state index in [0.29, 0.717) is 5.92 Å². The lowest BCUT2D eigenvalue weighted by molar-refractivity contribution is 0.350. The predicted molar refractivity (Wildman–Crippen MR) is 83.4 cm³/mol. The molecule has 1 aromatic carbocycles. The average Bonchev–Trinajstić information content (AvgIpc) is 2.86. The second-order valence-corrected chi connectivity index (χ2v) is 5.50. The van der Waals surface area contributed by atoms with E-state index < -0.39 is 0 Å². The monoisotopic (exact) mass is 275 g/mol. The van der Waals surface area contributed by atoms with Gasteiger partial charge in [0.2, 0.25) is 0 Å². The fraction of sp³-hybridized carbons (Fsp3) is 0.529. The maximum atomic E-state index is 6.08. The molecule has 0 fully saturated rings. The number of ether oxygens (including phenoxy) is 1. The molecule has 0 aliphatic rings. The summed E-state index contributed by atoms with van der Waals surface area (Å²) in [4.78, 5) is 0. The predicted octanol–water partition coefficient (Wildman–Crippen LogP) is 4.31. The Balaban J connectivity index is 2.51.